The van der Waals surface area contributed by atoms with E-state index >= 15 is 0 Å². The Labute approximate surface area is 83.3 Å². The predicted molar refractivity (Wildman–Crippen MR) is 50.0 cm³/mol. The van der Waals surface area contributed by atoms with Gasteiger partial charge < -0.3 is 19.7 Å². The van der Waals surface area contributed by atoms with Gasteiger partial charge in [0, 0.05) is 20.1 Å². The molecule has 80 valence electrons. The van der Waals surface area contributed by atoms with E-state index in [0.29, 0.717) is 25.9 Å². The number of nitrogens with one attached hydrogen (secondary N) is 1. The molecule has 1 unspecified atom stereocenters. The molecule has 1 amide bonds. The summed E-state index contributed by atoms with van der Waals surface area (Å²) in [6, 6.07) is 0.327. The van der Waals surface area contributed by atoms with E-state index in [9.17, 15) is 4.79 Å². The van der Waals surface area contributed by atoms with E-state index in [1.54, 1.807) is 4.90 Å². The molecule has 0 aromatic carbocycles. The molecule has 5 heteroatoms. The van der Waals surface area contributed by atoms with Crippen molar-refractivity contribution in [3.63, 3.8) is 0 Å². The maximum Gasteiger partial charge on any atom is 0.254 e. The quantitative estimate of drug-likeness (QED) is 0.610. The van der Waals surface area contributed by atoms with Crippen molar-refractivity contribution in [2.45, 2.75) is 12.1 Å². The Morgan fingerprint density at radius 2 is 2.21 bits per heavy atom. The Hall–Kier alpha value is -0.650. The SMILES string of the molecule is CN(C(=O)C1COCCO1)C1CNC1. The second kappa shape index (κ2) is 4.25. The molecule has 2 heterocycles. The summed E-state index contributed by atoms with van der Waals surface area (Å²) in [7, 11) is 1.83. The zero-order chi connectivity index (χ0) is 9.97. The second-order valence-electron chi connectivity index (χ2n) is 3.70. The number of hydrogen-bond donors (Lipinski definition) is 1. The molecule has 2 aliphatic heterocycles. The molecule has 2 rings (SSSR count). The molecule has 2 fully saturated rings. The highest BCUT2D eigenvalue weighted by Gasteiger charge is 2.31. The first kappa shape index (κ1) is 9.89. The van der Waals surface area contributed by atoms with Crippen LogP contribution in [0.3, 0.4) is 0 Å². The lowest BCUT2D eigenvalue weighted by Crippen LogP contribution is -2.60. The Morgan fingerprint density at radius 3 is 2.71 bits per heavy atom. The van der Waals surface area contributed by atoms with E-state index in [0.717, 1.165) is 13.1 Å². The molecule has 14 heavy (non-hydrogen) atoms. The summed E-state index contributed by atoms with van der Waals surface area (Å²) < 4.78 is 10.5. The van der Waals surface area contributed by atoms with Gasteiger partial charge in [-0.05, 0) is 0 Å². The van der Waals surface area contributed by atoms with Crippen molar-refractivity contribution in [3.8, 4) is 0 Å². The summed E-state index contributed by atoms with van der Waals surface area (Å²) >= 11 is 0. The number of carbonyl (C=O) groups is 1. The summed E-state index contributed by atoms with van der Waals surface area (Å²) in [5.74, 6) is 0.0381. The van der Waals surface area contributed by atoms with Crippen molar-refractivity contribution >= 4 is 5.91 Å². The summed E-state index contributed by atoms with van der Waals surface area (Å²) in [5.41, 5.74) is 0. The predicted octanol–water partition coefficient (Wildman–Crippen LogP) is -1.17. The molecular formula is C9H16N2O3. The smallest absolute Gasteiger partial charge is 0.254 e. The largest absolute Gasteiger partial charge is 0.376 e. The Morgan fingerprint density at radius 1 is 1.43 bits per heavy atom. The van der Waals surface area contributed by atoms with E-state index < -0.39 is 6.10 Å². The van der Waals surface area contributed by atoms with Crippen LogP contribution in [-0.2, 0) is 14.3 Å². The minimum Gasteiger partial charge on any atom is -0.376 e. The van der Waals surface area contributed by atoms with Gasteiger partial charge in [0.1, 0.15) is 0 Å². The van der Waals surface area contributed by atoms with Crippen molar-refractivity contribution in [3.05, 3.63) is 0 Å². The third-order valence-electron chi connectivity index (χ3n) is 2.75. The van der Waals surface area contributed by atoms with E-state index in [2.05, 4.69) is 5.32 Å². The maximum atomic E-state index is 11.8. The summed E-state index contributed by atoms with van der Waals surface area (Å²) in [6.07, 6.45) is -0.394. The van der Waals surface area contributed by atoms with Crippen LogP contribution < -0.4 is 5.32 Å². The monoisotopic (exact) mass is 200 g/mol. The zero-order valence-corrected chi connectivity index (χ0v) is 8.36. The highest BCUT2D eigenvalue weighted by Crippen LogP contribution is 2.09. The summed E-state index contributed by atoms with van der Waals surface area (Å²) in [4.78, 5) is 13.6. The Balaban J connectivity index is 1.85. The van der Waals surface area contributed by atoms with Crippen LogP contribution in [0.2, 0.25) is 0 Å². The molecule has 0 radical (unpaired) electrons. The summed E-state index contributed by atoms with van der Waals surface area (Å²) in [5, 5.41) is 3.13. The Kier molecular flexibility index (Phi) is 3.00. The van der Waals surface area contributed by atoms with Crippen LogP contribution in [0.15, 0.2) is 0 Å². The van der Waals surface area contributed by atoms with Gasteiger partial charge in [0.25, 0.3) is 5.91 Å². The van der Waals surface area contributed by atoms with Gasteiger partial charge in [0.2, 0.25) is 0 Å². The van der Waals surface area contributed by atoms with E-state index in [1.165, 1.54) is 0 Å². The van der Waals surface area contributed by atoms with Crippen molar-refractivity contribution in [1.29, 1.82) is 0 Å². The van der Waals surface area contributed by atoms with Crippen molar-refractivity contribution in [2.24, 2.45) is 0 Å². The number of carbonyl (C=O) groups excluding carboxylic acids is 1. The van der Waals surface area contributed by atoms with Gasteiger partial charge in [0.15, 0.2) is 6.10 Å². The van der Waals surface area contributed by atoms with Crippen LogP contribution in [0.25, 0.3) is 0 Å². The molecule has 0 aromatic rings. The first-order valence-electron chi connectivity index (χ1n) is 4.96. The topological polar surface area (TPSA) is 50.8 Å². The van der Waals surface area contributed by atoms with Crippen LogP contribution in [0.5, 0.6) is 0 Å². The molecular weight excluding hydrogens is 184 g/mol. The molecule has 0 aliphatic carbocycles. The highest BCUT2D eigenvalue weighted by atomic mass is 16.6. The molecule has 1 atom stereocenters. The van der Waals surface area contributed by atoms with Gasteiger partial charge in [-0.15, -0.1) is 0 Å². The van der Waals surface area contributed by atoms with Crippen LogP contribution in [0.4, 0.5) is 0 Å². The number of rotatable bonds is 2. The van der Waals surface area contributed by atoms with Gasteiger partial charge in [-0.2, -0.15) is 0 Å². The number of ether oxygens (including phenoxy) is 2. The molecule has 0 spiro atoms. The van der Waals surface area contributed by atoms with E-state index in [-0.39, 0.29) is 5.91 Å². The molecule has 1 N–H and O–H groups in total. The Bertz CT molecular complexity index is 208. The van der Waals surface area contributed by atoms with E-state index in [4.69, 9.17) is 9.47 Å². The minimum atomic E-state index is -0.394. The lowest BCUT2D eigenvalue weighted by atomic mass is 10.1. The van der Waals surface area contributed by atoms with Crippen LogP contribution in [0, 0.1) is 0 Å². The third kappa shape index (κ3) is 1.89. The van der Waals surface area contributed by atoms with Crippen LogP contribution in [-0.4, -0.2) is 62.9 Å². The third-order valence-corrected chi connectivity index (χ3v) is 2.75. The number of hydrogen-bond acceptors (Lipinski definition) is 4. The molecule has 2 saturated heterocycles. The van der Waals surface area contributed by atoms with Gasteiger partial charge in [-0.3, -0.25) is 4.79 Å². The average molecular weight is 200 g/mol. The normalized spacial score (nSPS) is 28.2. The summed E-state index contributed by atoms with van der Waals surface area (Å²) in [6.45, 7) is 3.28. The van der Waals surface area contributed by atoms with Gasteiger partial charge in [-0.1, -0.05) is 0 Å². The number of amides is 1. The second-order valence-corrected chi connectivity index (χ2v) is 3.70. The van der Waals surface area contributed by atoms with Crippen LogP contribution in [0.1, 0.15) is 0 Å². The van der Waals surface area contributed by atoms with Crippen molar-refractivity contribution in [1.82, 2.24) is 10.2 Å². The standard InChI is InChI=1S/C9H16N2O3/c1-11(7-4-10-5-7)9(12)8-6-13-2-3-14-8/h7-8,10H,2-6H2,1H3. The van der Waals surface area contributed by atoms with E-state index in [1.807, 2.05) is 7.05 Å². The van der Waals surface area contributed by atoms with Crippen molar-refractivity contribution < 1.29 is 14.3 Å². The number of nitrogens with zero attached hydrogens (tertiary/aromatic N) is 1. The van der Waals surface area contributed by atoms with Gasteiger partial charge in [-0.25, -0.2) is 0 Å². The average Bonchev–Trinajstić information content (AvgIpc) is 2.15. The molecule has 0 bridgehead atoms. The minimum absolute atomic E-state index is 0.0381. The fraction of sp³-hybridized carbons (Fsp3) is 0.889. The first-order valence-corrected chi connectivity index (χ1v) is 4.96. The number of likely N-dealkylation sites (N-methyl/N-ethyl adjacent to an activating group) is 1. The lowest BCUT2D eigenvalue weighted by Gasteiger charge is -2.37. The first-order chi connectivity index (χ1) is 6.79. The fourth-order valence-electron chi connectivity index (χ4n) is 1.58. The molecule has 0 aromatic heterocycles. The molecule has 5 nitrogen and oxygen atoms in total. The molecule has 0 saturated carbocycles. The zero-order valence-electron chi connectivity index (χ0n) is 8.36. The van der Waals surface area contributed by atoms with Crippen LogP contribution >= 0.6 is 0 Å². The highest BCUT2D eigenvalue weighted by molar-refractivity contribution is 5.81. The van der Waals surface area contributed by atoms with Crippen molar-refractivity contribution in [2.75, 3.05) is 40.0 Å². The maximum absolute atomic E-state index is 11.8. The lowest BCUT2D eigenvalue weighted by molar-refractivity contribution is -0.159. The molecule has 2 aliphatic rings. The van der Waals surface area contributed by atoms with Gasteiger partial charge in [0.05, 0.1) is 25.9 Å². The fourth-order valence-corrected chi connectivity index (χ4v) is 1.58. The van der Waals surface area contributed by atoms with Gasteiger partial charge >= 0.3 is 0 Å².